The van der Waals surface area contributed by atoms with Gasteiger partial charge in [0.25, 0.3) is 5.56 Å². The zero-order valence-electron chi connectivity index (χ0n) is 13.4. The van der Waals surface area contributed by atoms with Crippen LogP contribution in [0.4, 0.5) is 5.69 Å². The lowest BCUT2D eigenvalue weighted by atomic mass is 10.3. The van der Waals surface area contributed by atoms with E-state index in [0.717, 1.165) is 5.69 Å². The molecule has 0 amide bonds. The summed E-state index contributed by atoms with van der Waals surface area (Å²) in [5.74, 6) is -0.692. The van der Waals surface area contributed by atoms with Crippen LogP contribution in [0.5, 0.6) is 0 Å². The van der Waals surface area contributed by atoms with Crippen LogP contribution in [0.15, 0.2) is 45.9 Å². The Kier molecular flexibility index (Phi) is 4.21. The molecule has 24 heavy (non-hydrogen) atoms. The topological polar surface area (TPSA) is 74.5 Å². The van der Waals surface area contributed by atoms with E-state index in [4.69, 9.17) is 21.1 Å². The van der Waals surface area contributed by atoms with Gasteiger partial charge in [0, 0.05) is 14.2 Å². The Balaban J connectivity index is 2.08. The van der Waals surface area contributed by atoms with Gasteiger partial charge in [-0.3, -0.25) is 9.48 Å². The van der Waals surface area contributed by atoms with Gasteiger partial charge in [-0.15, -0.1) is 0 Å². The first-order valence-electron chi connectivity index (χ1n) is 7.20. The molecule has 0 radical (unpaired) electrons. The molecule has 0 spiro atoms. The van der Waals surface area contributed by atoms with Crippen LogP contribution in [0.1, 0.15) is 5.69 Å². The quantitative estimate of drug-likeness (QED) is 0.853. The van der Waals surface area contributed by atoms with Crippen molar-refractivity contribution in [1.29, 1.82) is 0 Å². The number of methoxy groups -OCH3 is 1. The molecule has 1 unspecified atom stereocenters. The van der Waals surface area contributed by atoms with Crippen molar-refractivity contribution in [2.24, 2.45) is 7.05 Å². The lowest BCUT2D eigenvalue weighted by Crippen LogP contribution is -2.23. The Morgan fingerprint density at radius 3 is 2.54 bits per heavy atom. The number of esters is 1. The summed E-state index contributed by atoms with van der Waals surface area (Å²) in [7, 11) is 3.16. The number of carbonyl (C=O) groups excluding carboxylic acids is 1. The number of aromatic nitrogens is 2. The largest absolute Gasteiger partial charge is 0.425 e. The molecule has 3 rings (SSSR count). The van der Waals surface area contributed by atoms with Crippen LogP contribution in [0, 0.1) is 6.92 Å². The normalized spacial score (nSPS) is 17.3. The van der Waals surface area contributed by atoms with E-state index in [0.29, 0.717) is 11.4 Å². The van der Waals surface area contributed by atoms with Crippen molar-refractivity contribution in [3.05, 3.63) is 57.1 Å². The standard InChI is InChI=1S/C16H16ClN3O4/c1-9-12(18-13-11(17)15(22)24-16(13)23-3)14(21)20(19(9)2)10-7-5-4-6-8-10/h4-8,16,18H,1-3H3. The molecule has 1 aliphatic rings. The van der Waals surface area contributed by atoms with E-state index < -0.39 is 12.3 Å². The van der Waals surface area contributed by atoms with Crippen molar-refractivity contribution in [3.63, 3.8) is 0 Å². The fourth-order valence-corrected chi connectivity index (χ4v) is 2.73. The lowest BCUT2D eigenvalue weighted by Gasteiger charge is -2.12. The van der Waals surface area contributed by atoms with Gasteiger partial charge in [-0.25, -0.2) is 9.48 Å². The fraction of sp³-hybridized carbons (Fsp3) is 0.250. The summed E-state index contributed by atoms with van der Waals surface area (Å²) in [5, 5.41) is 2.78. The van der Waals surface area contributed by atoms with Crippen molar-refractivity contribution >= 4 is 23.3 Å². The SMILES string of the molecule is COC1OC(=O)C(Cl)=C1Nc1c(C)n(C)n(-c2ccccc2)c1=O. The highest BCUT2D eigenvalue weighted by Gasteiger charge is 2.34. The summed E-state index contributed by atoms with van der Waals surface area (Å²) in [4.78, 5) is 24.4. The first kappa shape index (κ1) is 16.4. The maximum Gasteiger partial charge on any atom is 0.354 e. The Morgan fingerprint density at radius 1 is 1.25 bits per heavy atom. The van der Waals surface area contributed by atoms with Crippen LogP contribution in [-0.4, -0.2) is 28.7 Å². The fourth-order valence-electron chi connectivity index (χ4n) is 2.55. The van der Waals surface area contributed by atoms with Crippen LogP contribution < -0.4 is 10.9 Å². The third-order valence-electron chi connectivity index (χ3n) is 3.89. The predicted molar refractivity (Wildman–Crippen MR) is 89.1 cm³/mol. The van der Waals surface area contributed by atoms with Crippen LogP contribution in [0.3, 0.4) is 0 Å². The highest BCUT2D eigenvalue weighted by Crippen LogP contribution is 2.28. The number of hydrogen-bond donors (Lipinski definition) is 1. The van der Waals surface area contributed by atoms with Gasteiger partial charge in [-0.1, -0.05) is 29.8 Å². The van der Waals surface area contributed by atoms with E-state index in [1.807, 2.05) is 30.3 Å². The molecule has 1 atom stereocenters. The minimum Gasteiger partial charge on any atom is -0.425 e. The summed E-state index contributed by atoms with van der Waals surface area (Å²) in [6.07, 6.45) is -0.964. The smallest absolute Gasteiger partial charge is 0.354 e. The maximum absolute atomic E-state index is 12.8. The lowest BCUT2D eigenvalue weighted by molar-refractivity contribution is -0.155. The first-order valence-corrected chi connectivity index (χ1v) is 7.58. The molecule has 7 nitrogen and oxygen atoms in total. The third kappa shape index (κ3) is 2.51. The molecule has 0 saturated carbocycles. The van der Waals surface area contributed by atoms with Gasteiger partial charge < -0.3 is 14.8 Å². The number of nitrogens with one attached hydrogen (secondary N) is 1. The van der Waals surface area contributed by atoms with Gasteiger partial charge in [0.2, 0.25) is 6.29 Å². The van der Waals surface area contributed by atoms with Crippen molar-refractivity contribution in [2.45, 2.75) is 13.2 Å². The molecule has 126 valence electrons. The van der Waals surface area contributed by atoms with E-state index >= 15 is 0 Å². The molecule has 0 aliphatic carbocycles. The Hall–Kier alpha value is -2.51. The molecule has 8 heteroatoms. The van der Waals surface area contributed by atoms with Crippen LogP contribution in [-0.2, 0) is 21.3 Å². The molecule has 0 fully saturated rings. The molecule has 1 N–H and O–H groups in total. The molecule has 1 aliphatic heterocycles. The van der Waals surface area contributed by atoms with Crippen molar-refractivity contribution in [3.8, 4) is 5.69 Å². The van der Waals surface area contributed by atoms with Crippen molar-refractivity contribution < 1.29 is 14.3 Å². The van der Waals surface area contributed by atoms with Gasteiger partial charge in [-0.2, -0.15) is 0 Å². The van der Waals surface area contributed by atoms with Crippen LogP contribution >= 0.6 is 11.6 Å². The monoisotopic (exact) mass is 349 g/mol. The van der Waals surface area contributed by atoms with E-state index in [2.05, 4.69) is 5.32 Å². The van der Waals surface area contributed by atoms with Crippen molar-refractivity contribution in [2.75, 3.05) is 12.4 Å². The second-order valence-electron chi connectivity index (χ2n) is 5.26. The summed E-state index contributed by atoms with van der Waals surface area (Å²) in [6, 6.07) is 9.23. The molecular weight excluding hydrogens is 334 g/mol. The van der Waals surface area contributed by atoms with Crippen molar-refractivity contribution in [1.82, 2.24) is 9.36 Å². The van der Waals surface area contributed by atoms with E-state index in [1.54, 1.807) is 18.7 Å². The van der Waals surface area contributed by atoms with Gasteiger partial charge in [0.05, 0.1) is 11.4 Å². The van der Waals surface area contributed by atoms with Crippen LogP contribution in [0.2, 0.25) is 0 Å². The van der Waals surface area contributed by atoms with E-state index in [-0.39, 0.29) is 16.3 Å². The highest BCUT2D eigenvalue weighted by molar-refractivity contribution is 6.42. The maximum atomic E-state index is 12.8. The molecule has 1 aromatic heterocycles. The second kappa shape index (κ2) is 6.18. The Bertz CT molecular complexity index is 883. The summed E-state index contributed by atoms with van der Waals surface area (Å²) in [6.45, 7) is 1.79. The minimum absolute atomic E-state index is 0.129. The predicted octanol–water partition coefficient (Wildman–Crippen LogP) is 1.88. The van der Waals surface area contributed by atoms with Crippen LogP contribution in [0.25, 0.3) is 5.69 Å². The zero-order chi connectivity index (χ0) is 17.4. The van der Waals surface area contributed by atoms with Gasteiger partial charge in [0.1, 0.15) is 11.4 Å². The zero-order valence-corrected chi connectivity index (χ0v) is 14.1. The number of ether oxygens (including phenoxy) is 2. The summed E-state index contributed by atoms with van der Waals surface area (Å²) in [5.41, 5.74) is 1.65. The van der Waals surface area contributed by atoms with Gasteiger partial charge >= 0.3 is 5.97 Å². The first-order chi connectivity index (χ1) is 11.5. The minimum atomic E-state index is -0.964. The molecule has 0 bridgehead atoms. The average Bonchev–Trinajstić information content (AvgIpc) is 2.98. The number of nitrogens with zero attached hydrogens (tertiary/aromatic N) is 2. The number of hydrogen-bond acceptors (Lipinski definition) is 5. The van der Waals surface area contributed by atoms with Gasteiger partial charge in [-0.05, 0) is 19.1 Å². The van der Waals surface area contributed by atoms with E-state index in [1.165, 1.54) is 11.8 Å². The van der Waals surface area contributed by atoms with E-state index in [9.17, 15) is 9.59 Å². The average molecular weight is 350 g/mol. The molecule has 2 heterocycles. The Morgan fingerprint density at radius 2 is 1.92 bits per heavy atom. The number of benzene rings is 1. The molecule has 2 aromatic rings. The summed E-state index contributed by atoms with van der Waals surface area (Å²) < 4.78 is 13.3. The number of anilines is 1. The van der Waals surface area contributed by atoms with Gasteiger partial charge in [0.15, 0.2) is 5.03 Å². The Labute approximate surface area is 143 Å². The number of para-hydroxylation sites is 1. The number of halogens is 1. The highest BCUT2D eigenvalue weighted by atomic mass is 35.5. The summed E-state index contributed by atoms with van der Waals surface area (Å²) >= 11 is 5.97. The molecule has 0 saturated heterocycles. The molecular formula is C16H16ClN3O4. The number of carbonyl (C=O) groups is 1. The number of cyclic esters (lactones) is 1. The third-order valence-corrected chi connectivity index (χ3v) is 4.25. The second-order valence-corrected chi connectivity index (χ2v) is 5.64. The molecule has 1 aromatic carbocycles. The number of rotatable bonds is 4.